The summed E-state index contributed by atoms with van der Waals surface area (Å²) in [5.74, 6) is 0.250. The molecule has 0 unspecified atom stereocenters. The fraction of sp³-hybridized carbons (Fsp3) is 0.0625. The van der Waals surface area contributed by atoms with Crippen LogP contribution in [0.5, 0.6) is 0 Å². The predicted octanol–water partition coefficient (Wildman–Crippen LogP) is 4.16. The van der Waals surface area contributed by atoms with Gasteiger partial charge in [0.25, 0.3) is 0 Å². The topological polar surface area (TPSA) is 0 Å². The molecule has 0 saturated heterocycles. The van der Waals surface area contributed by atoms with Crippen molar-refractivity contribution in [2.45, 2.75) is 5.92 Å². The first kappa shape index (κ1) is 10.5. The summed E-state index contributed by atoms with van der Waals surface area (Å²) in [6.07, 6.45) is 2.00. The highest BCUT2D eigenvalue weighted by atomic mass is 14.1. The van der Waals surface area contributed by atoms with E-state index in [1.54, 1.807) is 0 Å². The Balaban J connectivity index is 2.43. The lowest BCUT2D eigenvalue weighted by Crippen LogP contribution is -1.96. The van der Waals surface area contributed by atoms with E-state index in [0.29, 0.717) is 0 Å². The second-order valence-electron chi connectivity index (χ2n) is 3.67. The fourth-order valence-electron chi connectivity index (χ4n) is 1.82. The van der Waals surface area contributed by atoms with Crippen molar-refractivity contribution in [3.8, 4) is 0 Å². The van der Waals surface area contributed by atoms with Gasteiger partial charge in [0.05, 0.1) is 0 Å². The van der Waals surface area contributed by atoms with Gasteiger partial charge in [0.2, 0.25) is 0 Å². The molecule has 0 saturated carbocycles. The van der Waals surface area contributed by atoms with Crippen LogP contribution < -0.4 is 0 Å². The van der Waals surface area contributed by atoms with Gasteiger partial charge in [-0.05, 0) is 17.2 Å². The molecule has 0 spiro atoms. The number of rotatable bonds is 3. The van der Waals surface area contributed by atoms with Crippen molar-refractivity contribution in [2.24, 2.45) is 0 Å². The third-order valence-corrected chi connectivity index (χ3v) is 2.60. The molecule has 0 aliphatic rings. The molecule has 0 aromatic heterocycles. The normalized spacial score (nSPS) is 9.81. The summed E-state index contributed by atoms with van der Waals surface area (Å²) in [4.78, 5) is 0. The summed E-state index contributed by atoms with van der Waals surface area (Å²) in [5.41, 5.74) is 5.43. The molecule has 0 radical (unpaired) electrons. The minimum Gasteiger partial charge on any atom is -0.132 e. The lowest BCUT2D eigenvalue weighted by Gasteiger charge is -2.12. The second kappa shape index (κ2) is 5.16. The lowest BCUT2D eigenvalue weighted by molar-refractivity contribution is 1.03. The Morgan fingerprint density at radius 1 is 0.812 bits per heavy atom. The molecular weight excluding hydrogens is 192 g/mol. The van der Waals surface area contributed by atoms with Crippen molar-refractivity contribution in [1.82, 2.24) is 0 Å². The average Bonchev–Trinajstić information content (AvgIpc) is 2.38. The van der Waals surface area contributed by atoms with Crippen molar-refractivity contribution in [3.63, 3.8) is 0 Å². The molecule has 0 N–H and O–H groups in total. The summed E-state index contributed by atoms with van der Waals surface area (Å²) in [5, 5.41) is 0. The second-order valence-corrected chi connectivity index (χ2v) is 3.67. The van der Waals surface area contributed by atoms with Crippen LogP contribution in [-0.4, -0.2) is 0 Å². The molecule has 0 heteroatoms. The van der Waals surface area contributed by atoms with E-state index in [0.717, 1.165) is 0 Å². The van der Waals surface area contributed by atoms with Crippen LogP contribution in [0.2, 0.25) is 0 Å². The van der Waals surface area contributed by atoms with Crippen LogP contribution in [0.1, 0.15) is 17.0 Å². The zero-order valence-corrected chi connectivity index (χ0v) is 9.14. The smallest absolute Gasteiger partial charge is 0.0344 e. The summed E-state index contributed by atoms with van der Waals surface area (Å²) in [6.45, 7) is 3.67. The quantitative estimate of drug-likeness (QED) is 0.661. The van der Waals surface area contributed by atoms with Crippen LogP contribution in [0.15, 0.2) is 79.0 Å². The van der Waals surface area contributed by atoms with E-state index in [2.05, 4.69) is 60.8 Å². The molecule has 2 aromatic rings. The molecule has 0 bridgehead atoms. The van der Waals surface area contributed by atoms with Crippen LogP contribution in [0.25, 0.3) is 0 Å². The van der Waals surface area contributed by atoms with Gasteiger partial charge in [-0.1, -0.05) is 67.2 Å². The number of allylic oxidation sites excluding steroid dienone is 1. The number of hydrogen-bond donors (Lipinski definition) is 0. The van der Waals surface area contributed by atoms with Gasteiger partial charge < -0.3 is 0 Å². The molecule has 0 nitrogen and oxygen atoms in total. The standard InChI is InChI=1S/C16H14/c1-2-9-16(14-10-5-3-6-11-14)15-12-7-4-8-13-15/h3-13,16H,1H2. The summed E-state index contributed by atoms with van der Waals surface area (Å²) >= 11 is 0. The van der Waals surface area contributed by atoms with Gasteiger partial charge >= 0.3 is 0 Å². The first-order valence-corrected chi connectivity index (χ1v) is 5.37. The van der Waals surface area contributed by atoms with Crippen molar-refractivity contribution in [2.75, 3.05) is 0 Å². The van der Waals surface area contributed by atoms with Crippen LogP contribution in [0, 0.1) is 0 Å². The fourth-order valence-corrected chi connectivity index (χ4v) is 1.82. The monoisotopic (exact) mass is 206 g/mol. The molecule has 0 heterocycles. The molecule has 78 valence electrons. The zero-order valence-electron chi connectivity index (χ0n) is 9.14. The first-order chi connectivity index (χ1) is 7.92. The summed E-state index contributed by atoms with van der Waals surface area (Å²) in [7, 11) is 0. The van der Waals surface area contributed by atoms with Gasteiger partial charge in [0, 0.05) is 5.92 Å². The summed E-state index contributed by atoms with van der Waals surface area (Å²) in [6, 6.07) is 20.8. The van der Waals surface area contributed by atoms with E-state index in [4.69, 9.17) is 0 Å². The molecule has 16 heavy (non-hydrogen) atoms. The van der Waals surface area contributed by atoms with Crippen molar-refractivity contribution in [1.29, 1.82) is 0 Å². The van der Waals surface area contributed by atoms with E-state index >= 15 is 0 Å². The van der Waals surface area contributed by atoms with Gasteiger partial charge in [0.1, 0.15) is 0 Å². The molecule has 0 aliphatic carbocycles. The Kier molecular flexibility index (Phi) is 3.38. The van der Waals surface area contributed by atoms with Crippen LogP contribution in [-0.2, 0) is 0 Å². The average molecular weight is 206 g/mol. The Morgan fingerprint density at radius 2 is 1.25 bits per heavy atom. The minimum absolute atomic E-state index is 0.250. The maximum atomic E-state index is 3.67. The third-order valence-electron chi connectivity index (χ3n) is 2.60. The van der Waals surface area contributed by atoms with Gasteiger partial charge in [0.15, 0.2) is 0 Å². The number of benzene rings is 2. The molecule has 0 atom stereocenters. The minimum atomic E-state index is 0.250. The van der Waals surface area contributed by atoms with E-state index in [1.165, 1.54) is 11.1 Å². The molecule has 0 aliphatic heterocycles. The van der Waals surface area contributed by atoms with Gasteiger partial charge in [-0.15, -0.1) is 5.73 Å². The van der Waals surface area contributed by atoms with E-state index in [1.807, 2.05) is 18.2 Å². The summed E-state index contributed by atoms with van der Waals surface area (Å²) < 4.78 is 0. The first-order valence-electron chi connectivity index (χ1n) is 5.37. The highest BCUT2D eigenvalue weighted by Crippen LogP contribution is 2.25. The van der Waals surface area contributed by atoms with Gasteiger partial charge in [-0.2, -0.15) is 0 Å². The largest absolute Gasteiger partial charge is 0.132 e. The van der Waals surface area contributed by atoms with Crippen molar-refractivity contribution >= 4 is 0 Å². The maximum Gasteiger partial charge on any atom is 0.0344 e. The van der Waals surface area contributed by atoms with Gasteiger partial charge in [-0.25, -0.2) is 0 Å². The maximum absolute atomic E-state index is 3.67. The predicted molar refractivity (Wildman–Crippen MR) is 68.4 cm³/mol. The van der Waals surface area contributed by atoms with E-state index in [-0.39, 0.29) is 5.92 Å². The Hall–Kier alpha value is -2.04. The Morgan fingerprint density at radius 3 is 1.62 bits per heavy atom. The van der Waals surface area contributed by atoms with Crippen LogP contribution >= 0.6 is 0 Å². The molecular formula is C16H14. The number of hydrogen-bond acceptors (Lipinski definition) is 0. The lowest BCUT2D eigenvalue weighted by atomic mass is 9.91. The van der Waals surface area contributed by atoms with Crippen molar-refractivity contribution < 1.29 is 0 Å². The Bertz CT molecular complexity index is 436. The highest BCUT2D eigenvalue weighted by Gasteiger charge is 2.09. The molecule has 0 fully saturated rings. The van der Waals surface area contributed by atoms with Crippen LogP contribution in [0.3, 0.4) is 0 Å². The van der Waals surface area contributed by atoms with Gasteiger partial charge in [-0.3, -0.25) is 0 Å². The van der Waals surface area contributed by atoms with E-state index in [9.17, 15) is 0 Å². The highest BCUT2D eigenvalue weighted by molar-refractivity contribution is 5.36. The molecule has 2 aromatic carbocycles. The zero-order chi connectivity index (χ0) is 11.2. The van der Waals surface area contributed by atoms with E-state index < -0.39 is 0 Å². The SMILES string of the molecule is C=C=CC(c1ccccc1)c1ccccc1. The van der Waals surface area contributed by atoms with Crippen LogP contribution in [0.4, 0.5) is 0 Å². The molecule has 0 amide bonds. The van der Waals surface area contributed by atoms with Crippen molar-refractivity contribution in [3.05, 3.63) is 90.2 Å². The third kappa shape index (κ3) is 2.31. The Labute approximate surface area is 96.6 Å². The molecule has 2 rings (SSSR count).